The van der Waals surface area contributed by atoms with Crippen LogP contribution >= 0.6 is 0 Å². The van der Waals surface area contributed by atoms with Crippen molar-refractivity contribution in [2.45, 2.75) is 25.8 Å². The van der Waals surface area contributed by atoms with E-state index in [1.165, 1.54) is 18.7 Å². The molecule has 0 aliphatic rings. The van der Waals surface area contributed by atoms with Crippen molar-refractivity contribution in [3.8, 4) is 5.75 Å². The number of hydrogen-bond acceptors (Lipinski definition) is 4. The second-order valence-electron chi connectivity index (χ2n) is 5.35. The van der Waals surface area contributed by atoms with Gasteiger partial charge in [-0.25, -0.2) is 4.79 Å². The van der Waals surface area contributed by atoms with Gasteiger partial charge in [-0.3, -0.25) is 0 Å². The largest absolute Gasteiger partial charge is 0.507 e. The zero-order chi connectivity index (χ0) is 16.1. The molecule has 1 unspecified atom stereocenters. The highest BCUT2D eigenvalue weighted by atomic mass is 16.5. The Hall–Kier alpha value is -2.33. The van der Waals surface area contributed by atoms with E-state index >= 15 is 0 Å². The number of ether oxygens (including phenoxy) is 1. The molecular formula is C18H21NO3. The summed E-state index contributed by atoms with van der Waals surface area (Å²) < 4.78 is 4.69. The molecule has 0 aliphatic heterocycles. The van der Waals surface area contributed by atoms with Crippen LogP contribution in [0.1, 0.15) is 39.9 Å². The first kappa shape index (κ1) is 16.0. The van der Waals surface area contributed by atoms with E-state index in [0.717, 1.165) is 17.5 Å². The highest BCUT2D eigenvalue weighted by molar-refractivity contribution is 5.92. The highest BCUT2D eigenvalue weighted by Crippen LogP contribution is 2.27. The molecule has 0 saturated carbocycles. The fourth-order valence-electron chi connectivity index (χ4n) is 2.54. The predicted octanol–water partition coefficient (Wildman–Crippen LogP) is 2.98. The van der Waals surface area contributed by atoms with Crippen LogP contribution in [0.2, 0.25) is 0 Å². The monoisotopic (exact) mass is 299 g/mol. The number of nitrogens with two attached hydrogens (primary N) is 1. The van der Waals surface area contributed by atoms with Crippen molar-refractivity contribution in [2.24, 2.45) is 5.73 Å². The van der Waals surface area contributed by atoms with Gasteiger partial charge in [-0.1, -0.05) is 37.3 Å². The molecule has 22 heavy (non-hydrogen) atoms. The minimum absolute atomic E-state index is 0.0647. The second kappa shape index (κ2) is 7.09. The molecule has 1 atom stereocenters. The summed E-state index contributed by atoms with van der Waals surface area (Å²) >= 11 is 0. The van der Waals surface area contributed by atoms with Crippen molar-refractivity contribution in [3.63, 3.8) is 0 Å². The van der Waals surface area contributed by atoms with Crippen LogP contribution in [-0.4, -0.2) is 18.2 Å². The summed E-state index contributed by atoms with van der Waals surface area (Å²) in [6.07, 6.45) is 0.818. The lowest BCUT2D eigenvalue weighted by Gasteiger charge is -2.16. The Kier molecular flexibility index (Phi) is 5.17. The van der Waals surface area contributed by atoms with E-state index in [0.29, 0.717) is 6.54 Å². The van der Waals surface area contributed by atoms with Crippen LogP contribution in [0.5, 0.6) is 5.75 Å². The first-order valence-corrected chi connectivity index (χ1v) is 7.25. The number of benzene rings is 2. The van der Waals surface area contributed by atoms with Crippen LogP contribution in [0.15, 0.2) is 42.5 Å². The topological polar surface area (TPSA) is 72.5 Å². The summed E-state index contributed by atoms with van der Waals surface area (Å²) in [4.78, 5) is 11.7. The third kappa shape index (κ3) is 3.46. The third-order valence-corrected chi connectivity index (χ3v) is 3.86. The summed E-state index contributed by atoms with van der Waals surface area (Å²) in [6.45, 7) is 2.59. The van der Waals surface area contributed by atoms with E-state index in [-0.39, 0.29) is 17.2 Å². The zero-order valence-corrected chi connectivity index (χ0v) is 12.9. The van der Waals surface area contributed by atoms with Gasteiger partial charge in [-0.05, 0) is 41.2 Å². The van der Waals surface area contributed by atoms with Crippen LogP contribution in [0.25, 0.3) is 0 Å². The van der Waals surface area contributed by atoms with Gasteiger partial charge in [0, 0.05) is 6.54 Å². The average molecular weight is 299 g/mol. The van der Waals surface area contributed by atoms with Gasteiger partial charge in [0.1, 0.15) is 11.3 Å². The Morgan fingerprint density at radius 2 is 1.91 bits per heavy atom. The molecule has 2 aromatic carbocycles. The Morgan fingerprint density at radius 1 is 1.23 bits per heavy atom. The molecule has 0 amide bonds. The molecule has 0 radical (unpaired) electrons. The molecule has 4 nitrogen and oxygen atoms in total. The lowest BCUT2D eigenvalue weighted by Crippen LogP contribution is -2.07. The maximum absolute atomic E-state index is 11.7. The summed E-state index contributed by atoms with van der Waals surface area (Å²) in [5.74, 6) is -0.407. The number of hydrogen-bond donors (Lipinski definition) is 2. The van der Waals surface area contributed by atoms with E-state index in [2.05, 4.69) is 13.0 Å². The molecule has 0 aromatic heterocycles. The standard InChI is InChI=1S/C18H21NO3/c1-12(9-14-5-3-4-6-15(14)11-19)13-7-8-17(20)16(10-13)18(21)22-2/h3-8,10,12,20H,9,11,19H2,1-2H3. The molecular weight excluding hydrogens is 278 g/mol. The van der Waals surface area contributed by atoms with Gasteiger partial charge in [0.2, 0.25) is 0 Å². The number of methoxy groups -OCH3 is 1. The van der Waals surface area contributed by atoms with Gasteiger partial charge in [-0.15, -0.1) is 0 Å². The molecule has 0 heterocycles. The van der Waals surface area contributed by atoms with Gasteiger partial charge in [0.05, 0.1) is 7.11 Å². The quantitative estimate of drug-likeness (QED) is 0.833. The number of phenolic OH excluding ortho intramolecular Hbond substituents is 1. The normalized spacial score (nSPS) is 12.0. The molecule has 0 spiro atoms. The smallest absolute Gasteiger partial charge is 0.341 e. The van der Waals surface area contributed by atoms with Crippen molar-refractivity contribution in [3.05, 3.63) is 64.7 Å². The van der Waals surface area contributed by atoms with Crippen molar-refractivity contribution in [1.29, 1.82) is 0 Å². The molecule has 0 saturated heterocycles. The third-order valence-electron chi connectivity index (χ3n) is 3.86. The van der Waals surface area contributed by atoms with E-state index in [1.54, 1.807) is 6.07 Å². The van der Waals surface area contributed by atoms with Crippen molar-refractivity contribution in [1.82, 2.24) is 0 Å². The molecule has 116 valence electrons. The minimum Gasteiger partial charge on any atom is -0.507 e. The van der Waals surface area contributed by atoms with Crippen molar-refractivity contribution >= 4 is 5.97 Å². The molecule has 2 rings (SSSR count). The van der Waals surface area contributed by atoms with Crippen molar-refractivity contribution in [2.75, 3.05) is 7.11 Å². The molecule has 0 bridgehead atoms. The number of rotatable bonds is 5. The SMILES string of the molecule is COC(=O)c1cc(C(C)Cc2ccccc2CN)ccc1O. The Bertz CT molecular complexity index is 667. The first-order chi connectivity index (χ1) is 10.6. The number of aromatic hydroxyl groups is 1. The molecule has 0 aliphatic carbocycles. The summed E-state index contributed by atoms with van der Waals surface area (Å²) in [6, 6.07) is 13.1. The fraction of sp³-hybridized carbons (Fsp3) is 0.278. The second-order valence-corrected chi connectivity index (χ2v) is 5.35. The van der Waals surface area contributed by atoms with Crippen LogP contribution in [0.4, 0.5) is 0 Å². The number of phenols is 1. The summed E-state index contributed by atoms with van der Waals surface area (Å²) in [7, 11) is 1.30. The number of carbonyl (C=O) groups excluding carboxylic acids is 1. The maximum atomic E-state index is 11.7. The lowest BCUT2D eigenvalue weighted by molar-refractivity contribution is 0.0597. The zero-order valence-electron chi connectivity index (χ0n) is 12.9. The summed E-state index contributed by atoms with van der Waals surface area (Å²) in [5, 5.41) is 9.77. The lowest BCUT2D eigenvalue weighted by atomic mass is 9.90. The van der Waals surface area contributed by atoms with E-state index in [4.69, 9.17) is 10.5 Å². The maximum Gasteiger partial charge on any atom is 0.341 e. The highest BCUT2D eigenvalue weighted by Gasteiger charge is 2.15. The molecule has 0 fully saturated rings. The van der Waals surface area contributed by atoms with Crippen LogP contribution in [-0.2, 0) is 17.7 Å². The number of carbonyl (C=O) groups is 1. The number of esters is 1. The predicted molar refractivity (Wildman–Crippen MR) is 85.9 cm³/mol. The first-order valence-electron chi connectivity index (χ1n) is 7.25. The fourth-order valence-corrected chi connectivity index (χ4v) is 2.54. The Labute approximate surface area is 130 Å². The average Bonchev–Trinajstić information content (AvgIpc) is 2.55. The van der Waals surface area contributed by atoms with Gasteiger partial charge < -0.3 is 15.6 Å². The molecule has 3 N–H and O–H groups in total. The van der Waals surface area contributed by atoms with Gasteiger partial charge in [0.15, 0.2) is 0 Å². The minimum atomic E-state index is -0.533. The van der Waals surface area contributed by atoms with Crippen molar-refractivity contribution < 1.29 is 14.6 Å². The van der Waals surface area contributed by atoms with E-state index in [9.17, 15) is 9.90 Å². The van der Waals surface area contributed by atoms with Gasteiger partial charge >= 0.3 is 5.97 Å². The molecule has 2 aromatic rings. The molecule has 4 heteroatoms. The van der Waals surface area contributed by atoms with Gasteiger partial charge in [0.25, 0.3) is 0 Å². The van der Waals surface area contributed by atoms with Crippen LogP contribution in [0, 0.1) is 0 Å². The van der Waals surface area contributed by atoms with E-state index in [1.807, 2.05) is 24.3 Å². The van der Waals surface area contributed by atoms with E-state index < -0.39 is 5.97 Å². The summed E-state index contributed by atoms with van der Waals surface area (Å²) in [5.41, 5.74) is 9.27. The van der Waals surface area contributed by atoms with Crippen LogP contribution < -0.4 is 5.73 Å². The van der Waals surface area contributed by atoms with Crippen LogP contribution in [0.3, 0.4) is 0 Å². The Morgan fingerprint density at radius 3 is 2.55 bits per heavy atom. The van der Waals surface area contributed by atoms with Gasteiger partial charge in [-0.2, -0.15) is 0 Å². The Balaban J connectivity index is 2.26.